The van der Waals surface area contributed by atoms with Crippen molar-refractivity contribution in [3.63, 3.8) is 0 Å². The van der Waals surface area contributed by atoms with Gasteiger partial charge in [-0.1, -0.05) is 0 Å². The molecule has 1 aromatic rings. The third kappa shape index (κ3) is 2.56. The van der Waals surface area contributed by atoms with Crippen LogP contribution in [-0.2, 0) is 16.1 Å². The van der Waals surface area contributed by atoms with E-state index in [1.807, 2.05) is 20.8 Å². The van der Waals surface area contributed by atoms with E-state index in [-0.39, 0.29) is 12.0 Å². The average Bonchev–Trinajstić information content (AvgIpc) is 3.13. The van der Waals surface area contributed by atoms with Gasteiger partial charge in [-0.3, -0.25) is 4.68 Å². The predicted molar refractivity (Wildman–Crippen MR) is 68.3 cm³/mol. The van der Waals surface area contributed by atoms with Crippen LogP contribution in [0.3, 0.4) is 0 Å². The van der Waals surface area contributed by atoms with Crippen molar-refractivity contribution in [1.82, 2.24) is 15.1 Å². The first-order valence-corrected chi connectivity index (χ1v) is 6.40. The number of carbonyl (C=O) groups excluding carboxylic acids is 1. The van der Waals surface area contributed by atoms with Gasteiger partial charge in [-0.2, -0.15) is 5.10 Å². The predicted octanol–water partition coefficient (Wildman–Crippen LogP) is 1.49. The summed E-state index contributed by atoms with van der Waals surface area (Å²) in [6.45, 7) is 6.63. The molecule has 18 heavy (non-hydrogen) atoms. The third-order valence-electron chi connectivity index (χ3n) is 3.53. The molecule has 0 saturated heterocycles. The molecule has 1 aliphatic rings. The largest absolute Gasteiger partial charge is 0.467 e. The summed E-state index contributed by atoms with van der Waals surface area (Å²) < 4.78 is 6.52. The topological polar surface area (TPSA) is 56.2 Å². The summed E-state index contributed by atoms with van der Waals surface area (Å²) in [7, 11) is 1.40. The van der Waals surface area contributed by atoms with Crippen molar-refractivity contribution in [2.45, 2.75) is 52.2 Å². The summed E-state index contributed by atoms with van der Waals surface area (Å²) in [5, 5.41) is 7.93. The Labute approximate surface area is 108 Å². The molecule has 0 radical (unpaired) electrons. The van der Waals surface area contributed by atoms with Gasteiger partial charge in [0.15, 0.2) is 0 Å². The Morgan fingerprint density at radius 2 is 2.22 bits per heavy atom. The number of rotatable bonds is 5. The van der Waals surface area contributed by atoms with Crippen molar-refractivity contribution in [2.75, 3.05) is 7.11 Å². The Hall–Kier alpha value is -1.36. The van der Waals surface area contributed by atoms with Crippen LogP contribution in [0.5, 0.6) is 0 Å². The highest BCUT2D eigenvalue weighted by atomic mass is 16.5. The number of ether oxygens (including phenoxy) is 1. The zero-order chi connectivity index (χ0) is 13.3. The Kier molecular flexibility index (Phi) is 3.71. The molecule has 1 saturated carbocycles. The highest BCUT2D eigenvalue weighted by molar-refractivity contribution is 5.73. The van der Waals surface area contributed by atoms with Gasteiger partial charge in [0.1, 0.15) is 6.04 Å². The van der Waals surface area contributed by atoms with E-state index in [2.05, 4.69) is 10.4 Å². The number of aryl methyl sites for hydroxylation is 1. The van der Waals surface area contributed by atoms with Crippen LogP contribution in [0, 0.1) is 13.8 Å². The second kappa shape index (κ2) is 5.10. The van der Waals surface area contributed by atoms with Crippen LogP contribution in [-0.4, -0.2) is 28.9 Å². The standard InChI is InChI=1S/C13H21N3O2/c1-8-12(7-14-11-5-6-11)9(2)16(15-8)10(3)13(17)18-4/h10-11,14H,5-7H2,1-4H3. The molecule has 0 amide bonds. The minimum atomic E-state index is -0.372. The van der Waals surface area contributed by atoms with E-state index in [1.165, 1.54) is 25.5 Å². The molecule has 0 aliphatic heterocycles. The zero-order valence-electron chi connectivity index (χ0n) is 11.5. The van der Waals surface area contributed by atoms with Gasteiger partial charge >= 0.3 is 5.97 Å². The Morgan fingerprint density at radius 3 is 2.78 bits per heavy atom. The van der Waals surface area contributed by atoms with Crippen molar-refractivity contribution in [3.05, 3.63) is 17.0 Å². The lowest BCUT2D eigenvalue weighted by molar-refractivity contribution is -0.144. The number of nitrogens with zero attached hydrogens (tertiary/aromatic N) is 2. The normalized spacial score (nSPS) is 16.7. The zero-order valence-corrected chi connectivity index (χ0v) is 11.5. The van der Waals surface area contributed by atoms with Gasteiger partial charge in [-0.25, -0.2) is 4.79 Å². The monoisotopic (exact) mass is 251 g/mol. The van der Waals surface area contributed by atoms with E-state index in [9.17, 15) is 4.79 Å². The molecule has 1 fully saturated rings. The van der Waals surface area contributed by atoms with Crippen molar-refractivity contribution >= 4 is 5.97 Å². The van der Waals surface area contributed by atoms with E-state index in [0.29, 0.717) is 6.04 Å². The molecule has 5 nitrogen and oxygen atoms in total. The molecule has 0 aromatic carbocycles. The average molecular weight is 251 g/mol. The molecular formula is C13H21N3O2. The number of aromatic nitrogens is 2. The molecule has 1 aliphatic carbocycles. The Balaban J connectivity index is 2.16. The Morgan fingerprint density at radius 1 is 1.56 bits per heavy atom. The first-order valence-electron chi connectivity index (χ1n) is 6.40. The molecule has 5 heteroatoms. The number of carbonyl (C=O) groups is 1. The number of hydrogen-bond acceptors (Lipinski definition) is 4. The second-order valence-corrected chi connectivity index (χ2v) is 4.95. The second-order valence-electron chi connectivity index (χ2n) is 4.95. The SMILES string of the molecule is COC(=O)C(C)n1nc(C)c(CNC2CC2)c1C. The van der Waals surface area contributed by atoms with Gasteiger partial charge in [0.2, 0.25) is 0 Å². The summed E-state index contributed by atoms with van der Waals surface area (Å²) in [5.74, 6) is -0.262. The molecule has 0 bridgehead atoms. The highest BCUT2D eigenvalue weighted by Crippen LogP contribution is 2.22. The van der Waals surface area contributed by atoms with Crippen LogP contribution >= 0.6 is 0 Å². The fraction of sp³-hybridized carbons (Fsp3) is 0.692. The van der Waals surface area contributed by atoms with Crippen molar-refractivity contribution < 1.29 is 9.53 Å². The maximum atomic E-state index is 11.6. The van der Waals surface area contributed by atoms with Gasteiger partial charge in [-0.05, 0) is 33.6 Å². The number of hydrogen-bond donors (Lipinski definition) is 1. The van der Waals surface area contributed by atoms with Crippen LogP contribution in [0.25, 0.3) is 0 Å². The Bertz CT molecular complexity index is 449. The summed E-state index contributed by atoms with van der Waals surface area (Å²) in [6.07, 6.45) is 2.54. The van der Waals surface area contributed by atoms with Crippen LogP contribution < -0.4 is 5.32 Å². The molecule has 0 spiro atoms. The number of esters is 1. The maximum absolute atomic E-state index is 11.6. The molecule has 1 N–H and O–H groups in total. The molecular weight excluding hydrogens is 230 g/mol. The summed E-state index contributed by atoms with van der Waals surface area (Å²) in [4.78, 5) is 11.6. The third-order valence-corrected chi connectivity index (χ3v) is 3.53. The highest BCUT2D eigenvalue weighted by Gasteiger charge is 2.24. The first kappa shape index (κ1) is 13.1. The van der Waals surface area contributed by atoms with E-state index in [1.54, 1.807) is 4.68 Å². The number of methoxy groups -OCH3 is 1. The van der Waals surface area contributed by atoms with Gasteiger partial charge in [-0.15, -0.1) is 0 Å². The van der Waals surface area contributed by atoms with Gasteiger partial charge in [0, 0.05) is 23.8 Å². The smallest absolute Gasteiger partial charge is 0.330 e. The molecule has 1 atom stereocenters. The van der Waals surface area contributed by atoms with E-state index in [0.717, 1.165) is 17.9 Å². The van der Waals surface area contributed by atoms with Crippen molar-refractivity contribution in [3.8, 4) is 0 Å². The lowest BCUT2D eigenvalue weighted by Gasteiger charge is -2.12. The first-order chi connectivity index (χ1) is 8.54. The van der Waals surface area contributed by atoms with Crippen molar-refractivity contribution in [2.24, 2.45) is 0 Å². The van der Waals surface area contributed by atoms with Crippen LogP contribution in [0.4, 0.5) is 0 Å². The summed E-state index contributed by atoms with van der Waals surface area (Å²) in [5.41, 5.74) is 3.22. The van der Waals surface area contributed by atoms with Gasteiger partial charge in [0.25, 0.3) is 0 Å². The van der Waals surface area contributed by atoms with Crippen molar-refractivity contribution in [1.29, 1.82) is 0 Å². The van der Waals surface area contributed by atoms with E-state index < -0.39 is 0 Å². The van der Waals surface area contributed by atoms with E-state index in [4.69, 9.17) is 4.74 Å². The number of nitrogens with one attached hydrogen (secondary N) is 1. The fourth-order valence-electron chi connectivity index (χ4n) is 2.13. The summed E-state index contributed by atoms with van der Waals surface area (Å²) in [6, 6.07) is 0.300. The minimum absolute atomic E-state index is 0.262. The molecule has 100 valence electrons. The van der Waals surface area contributed by atoms with Gasteiger partial charge in [0.05, 0.1) is 12.8 Å². The van der Waals surface area contributed by atoms with E-state index >= 15 is 0 Å². The summed E-state index contributed by atoms with van der Waals surface area (Å²) >= 11 is 0. The fourth-order valence-corrected chi connectivity index (χ4v) is 2.13. The lowest BCUT2D eigenvalue weighted by atomic mass is 10.2. The molecule has 1 aromatic heterocycles. The minimum Gasteiger partial charge on any atom is -0.467 e. The molecule has 1 heterocycles. The van der Waals surface area contributed by atoms with Crippen LogP contribution in [0.1, 0.15) is 42.8 Å². The molecule has 2 rings (SSSR count). The lowest BCUT2D eigenvalue weighted by Crippen LogP contribution is -2.20. The van der Waals surface area contributed by atoms with Crippen LogP contribution in [0.2, 0.25) is 0 Å². The quantitative estimate of drug-likeness (QED) is 0.805. The van der Waals surface area contributed by atoms with Crippen LogP contribution in [0.15, 0.2) is 0 Å². The molecule has 1 unspecified atom stereocenters. The van der Waals surface area contributed by atoms with Gasteiger partial charge < -0.3 is 10.1 Å². The maximum Gasteiger partial charge on any atom is 0.330 e.